The third-order valence-corrected chi connectivity index (χ3v) is 2.06. The highest BCUT2D eigenvalue weighted by molar-refractivity contribution is 5.69. The first-order valence-electron chi connectivity index (χ1n) is 6.44. The first-order valence-corrected chi connectivity index (χ1v) is 6.44. The van der Waals surface area contributed by atoms with E-state index >= 15 is 0 Å². The molecule has 0 aliphatic carbocycles. The highest BCUT2D eigenvalue weighted by Gasteiger charge is 2.02. The van der Waals surface area contributed by atoms with Crippen molar-refractivity contribution in [3.05, 3.63) is 0 Å². The molecule has 0 aromatic rings. The maximum absolute atomic E-state index is 10.7. The van der Waals surface area contributed by atoms with Crippen LogP contribution in [0.2, 0.25) is 0 Å². The lowest BCUT2D eigenvalue weighted by Gasteiger charge is -2.21. The fraction of sp³-hybridized carbons (Fsp3) is 0.923. The molecule has 17 heavy (non-hydrogen) atoms. The van der Waals surface area contributed by atoms with Crippen LogP contribution in [0, 0.1) is 0 Å². The summed E-state index contributed by atoms with van der Waals surface area (Å²) in [4.78, 5) is 10.7. The van der Waals surface area contributed by atoms with Gasteiger partial charge < -0.3 is 14.3 Å². The number of ether oxygens (including phenoxy) is 1. The predicted octanol–water partition coefficient (Wildman–Crippen LogP) is 1.81. The van der Waals surface area contributed by atoms with Gasteiger partial charge in [-0.3, -0.25) is 4.79 Å². The summed E-state index contributed by atoms with van der Waals surface area (Å²) in [6, 6.07) is 0. The number of aliphatic hydroxyl groups excluding tert-OH is 1. The van der Waals surface area contributed by atoms with Crippen LogP contribution < -0.4 is 0 Å². The highest BCUT2D eigenvalue weighted by Crippen LogP contribution is 1.99. The minimum atomic E-state index is -0.0593. The van der Waals surface area contributed by atoms with Crippen molar-refractivity contribution in [3.63, 3.8) is 0 Å². The molecule has 0 aromatic carbocycles. The molecule has 0 unspecified atom stereocenters. The Bertz CT molecular complexity index is 176. The second-order valence-electron chi connectivity index (χ2n) is 5.00. The number of rotatable bonds is 7. The van der Waals surface area contributed by atoms with Crippen molar-refractivity contribution in [1.82, 2.24) is 0 Å². The average Bonchev–Trinajstić information content (AvgIpc) is 2.17. The van der Waals surface area contributed by atoms with Crippen molar-refractivity contribution < 1.29 is 19.1 Å². The summed E-state index contributed by atoms with van der Waals surface area (Å²) in [6.07, 6.45) is 3.83. The monoisotopic (exact) mass is 248 g/mol. The number of nitrogens with zero attached hydrogens (tertiary/aromatic N) is 1. The molecule has 0 bridgehead atoms. The minimum absolute atomic E-state index is 0.0593. The molecule has 0 aliphatic rings. The molecule has 0 atom stereocenters. The molecular weight excluding hydrogens is 218 g/mol. The average molecular weight is 248 g/mol. The van der Waals surface area contributed by atoms with Crippen LogP contribution in [0.3, 0.4) is 0 Å². The van der Waals surface area contributed by atoms with Crippen LogP contribution in [0.5, 0.6) is 0 Å². The molecule has 0 saturated heterocycles. The highest BCUT2D eigenvalue weighted by atomic mass is 16.5. The van der Waals surface area contributed by atoms with E-state index in [-0.39, 0.29) is 12.6 Å². The van der Waals surface area contributed by atoms with Crippen LogP contribution in [0.1, 0.15) is 39.5 Å². The number of esters is 1. The van der Waals surface area contributed by atoms with E-state index in [2.05, 4.69) is 28.1 Å². The second-order valence-corrected chi connectivity index (χ2v) is 5.00. The molecule has 0 aromatic heterocycles. The summed E-state index contributed by atoms with van der Waals surface area (Å²) in [5.41, 5.74) is 0. The lowest BCUT2D eigenvalue weighted by molar-refractivity contribution is -0.870. The number of hydrogen-bond donors (Lipinski definition) is 1. The van der Waals surface area contributed by atoms with Crippen LogP contribution >= 0.6 is 0 Å². The van der Waals surface area contributed by atoms with E-state index < -0.39 is 0 Å². The van der Waals surface area contributed by atoms with Gasteiger partial charge in [0.15, 0.2) is 0 Å². The van der Waals surface area contributed by atoms with Gasteiger partial charge in [-0.25, -0.2) is 0 Å². The normalized spacial score (nSPS) is 10.5. The zero-order chi connectivity index (χ0) is 13.7. The van der Waals surface area contributed by atoms with E-state index in [0.29, 0.717) is 13.0 Å². The van der Waals surface area contributed by atoms with Crippen LogP contribution in [0.4, 0.5) is 0 Å². The van der Waals surface area contributed by atoms with Crippen LogP contribution in [0.15, 0.2) is 0 Å². The Morgan fingerprint density at radius 3 is 2.06 bits per heavy atom. The van der Waals surface area contributed by atoms with Gasteiger partial charge in [-0.15, -0.1) is 0 Å². The Morgan fingerprint density at radius 2 is 1.76 bits per heavy atom. The zero-order valence-electron chi connectivity index (χ0n) is 12.2. The standard InChI is InChI=1S/C8H16O2.C5H14NO/c1-3-5-6-7-8(9)10-4-2;1-6(2,3)4-5-7/h3-7H2,1-2H3;7H,4-5H2,1-3H3/q;+1. The Balaban J connectivity index is 0. The van der Waals surface area contributed by atoms with Gasteiger partial charge in [0.25, 0.3) is 0 Å². The SMILES string of the molecule is CCCCCC(=O)OCC.C[N+](C)(C)CCO. The quantitative estimate of drug-likeness (QED) is 0.425. The molecule has 0 saturated carbocycles. The predicted molar refractivity (Wildman–Crippen MR) is 70.8 cm³/mol. The van der Waals surface area contributed by atoms with Crippen molar-refractivity contribution in [2.24, 2.45) is 0 Å². The Hall–Kier alpha value is -0.610. The summed E-state index contributed by atoms with van der Waals surface area (Å²) in [7, 11) is 6.16. The largest absolute Gasteiger partial charge is 0.466 e. The molecule has 0 spiro atoms. The molecule has 1 N–H and O–H groups in total. The Kier molecular flexibility index (Phi) is 13.1. The Morgan fingerprint density at radius 1 is 1.18 bits per heavy atom. The van der Waals surface area contributed by atoms with Crippen molar-refractivity contribution in [1.29, 1.82) is 0 Å². The van der Waals surface area contributed by atoms with E-state index in [1.807, 2.05) is 6.92 Å². The second kappa shape index (κ2) is 11.9. The first kappa shape index (κ1) is 18.7. The van der Waals surface area contributed by atoms with E-state index in [9.17, 15) is 4.79 Å². The van der Waals surface area contributed by atoms with Crippen molar-refractivity contribution in [2.75, 3.05) is 40.9 Å². The molecule has 104 valence electrons. The molecule has 0 fully saturated rings. The third kappa shape index (κ3) is 21.3. The Labute approximate surface area is 106 Å². The summed E-state index contributed by atoms with van der Waals surface area (Å²) in [5, 5.41) is 8.39. The molecule has 4 nitrogen and oxygen atoms in total. The summed E-state index contributed by atoms with van der Waals surface area (Å²) >= 11 is 0. The topological polar surface area (TPSA) is 46.5 Å². The van der Waals surface area contributed by atoms with Gasteiger partial charge in [0, 0.05) is 6.42 Å². The van der Waals surface area contributed by atoms with E-state index in [1.54, 1.807) is 0 Å². The molecule has 0 amide bonds. The molecule has 0 radical (unpaired) electrons. The van der Waals surface area contributed by atoms with Gasteiger partial charge in [-0.05, 0) is 13.3 Å². The zero-order valence-corrected chi connectivity index (χ0v) is 12.2. The van der Waals surface area contributed by atoms with Gasteiger partial charge in [0.1, 0.15) is 6.54 Å². The smallest absolute Gasteiger partial charge is 0.305 e. The third-order valence-electron chi connectivity index (χ3n) is 2.06. The van der Waals surface area contributed by atoms with Crippen molar-refractivity contribution >= 4 is 5.97 Å². The first-order chi connectivity index (χ1) is 7.87. The number of carbonyl (C=O) groups is 1. The summed E-state index contributed by atoms with van der Waals surface area (Å²) < 4.78 is 5.59. The number of unbranched alkanes of at least 4 members (excludes halogenated alkanes) is 2. The van der Waals surface area contributed by atoms with Gasteiger partial charge in [0.2, 0.25) is 0 Å². The molecule has 0 aliphatic heterocycles. The van der Waals surface area contributed by atoms with Crippen LogP contribution in [-0.2, 0) is 9.53 Å². The van der Waals surface area contributed by atoms with Crippen LogP contribution in [-0.4, -0.2) is 56.5 Å². The molecule has 4 heteroatoms. The lowest BCUT2D eigenvalue weighted by atomic mass is 10.2. The van der Waals surface area contributed by atoms with Crippen molar-refractivity contribution in [3.8, 4) is 0 Å². The summed E-state index contributed by atoms with van der Waals surface area (Å²) in [6.45, 7) is 5.57. The molecular formula is C13H30NO3+. The fourth-order valence-corrected chi connectivity index (χ4v) is 1.05. The molecule has 0 rings (SSSR count). The number of quaternary nitrogens is 1. The number of carbonyl (C=O) groups excluding carboxylic acids is 1. The number of hydrogen-bond acceptors (Lipinski definition) is 3. The van der Waals surface area contributed by atoms with Gasteiger partial charge in [-0.1, -0.05) is 19.8 Å². The minimum Gasteiger partial charge on any atom is -0.466 e. The molecule has 0 heterocycles. The van der Waals surface area contributed by atoms with Gasteiger partial charge in [0.05, 0.1) is 34.4 Å². The van der Waals surface area contributed by atoms with E-state index in [1.165, 1.54) is 0 Å². The van der Waals surface area contributed by atoms with E-state index in [0.717, 1.165) is 30.3 Å². The van der Waals surface area contributed by atoms with Gasteiger partial charge in [-0.2, -0.15) is 0 Å². The summed E-state index contributed by atoms with van der Waals surface area (Å²) in [5.74, 6) is -0.0593. The van der Waals surface area contributed by atoms with Crippen LogP contribution in [0.25, 0.3) is 0 Å². The number of aliphatic hydroxyl groups is 1. The maximum Gasteiger partial charge on any atom is 0.305 e. The van der Waals surface area contributed by atoms with E-state index in [4.69, 9.17) is 9.84 Å². The fourth-order valence-electron chi connectivity index (χ4n) is 1.05. The maximum atomic E-state index is 10.7. The van der Waals surface area contributed by atoms with Crippen molar-refractivity contribution in [2.45, 2.75) is 39.5 Å². The number of likely N-dealkylation sites (N-methyl/N-ethyl adjacent to an activating group) is 1. The van der Waals surface area contributed by atoms with Gasteiger partial charge >= 0.3 is 5.97 Å². The lowest BCUT2D eigenvalue weighted by Crippen LogP contribution is -2.36.